The van der Waals surface area contributed by atoms with Crippen molar-refractivity contribution in [2.45, 2.75) is 0 Å². The van der Waals surface area contributed by atoms with E-state index in [2.05, 4.69) is 11.1 Å². The van der Waals surface area contributed by atoms with E-state index >= 15 is 0 Å². The molecular formula is C14H8F2N. The third kappa shape index (κ3) is 1.69. The number of fused-ring (bicyclic) bond motifs is 1. The fourth-order valence-electron chi connectivity index (χ4n) is 1.86. The van der Waals surface area contributed by atoms with Gasteiger partial charge in [-0.05, 0) is 42.5 Å². The van der Waals surface area contributed by atoms with Crippen LogP contribution in [0, 0.1) is 17.7 Å². The largest absolute Gasteiger partial charge is 0.354 e. The number of aromatic amines is 1. The predicted octanol–water partition coefficient (Wildman–Crippen LogP) is 3.91. The van der Waals surface area contributed by atoms with Crippen molar-refractivity contribution in [3.05, 3.63) is 60.2 Å². The van der Waals surface area contributed by atoms with Crippen LogP contribution in [0.3, 0.4) is 0 Å². The van der Waals surface area contributed by atoms with Crippen molar-refractivity contribution < 1.29 is 8.78 Å². The van der Waals surface area contributed by atoms with Gasteiger partial charge in [-0.3, -0.25) is 0 Å². The van der Waals surface area contributed by atoms with Gasteiger partial charge in [0.25, 0.3) is 0 Å². The molecule has 0 aliphatic carbocycles. The third-order valence-corrected chi connectivity index (χ3v) is 2.68. The van der Waals surface area contributed by atoms with Crippen LogP contribution in [0.25, 0.3) is 22.2 Å². The fraction of sp³-hybridized carbons (Fsp3) is 0. The van der Waals surface area contributed by atoms with Crippen LogP contribution in [-0.2, 0) is 0 Å². The molecule has 0 bridgehead atoms. The third-order valence-electron chi connectivity index (χ3n) is 2.68. The number of halogens is 2. The van der Waals surface area contributed by atoms with E-state index in [-0.39, 0.29) is 5.56 Å². The Balaban J connectivity index is 2.23. The molecule has 0 spiro atoms. The van der Waals surface area contributed by atoms with Crippen LogP contribution in [-0.4, -0.2) is 4.98 Å². The van der Waals surface area contributed by atoms with E-state index < -0.39 is 11.6 Å². The Labute approximate surface area is 96.7 Å². The maximum absolute atomic E-state index is 13.6. The van der Waals surface area contributed by atoms with Gasteiger partial charge < -0.3 is 4.98 Å². The summed E-state index contributed by atoms with van der Waals surface area (Å²) in [5, 5.41) is 0.922. The minimum Gasteiger partial charge on any atom is -0.354 e. The Morgan fingerprint density at radius 1 is 1.06 bits per heavy atom. The second-order valence-corrected chi connectivity index (χ2v) is 3.82. The fourth-order valence-corrected chi connectivity index (χ4v) is 1.86. The SMILES string of the molecule is Fc1ccc(F)c(-c2cc3c[c]ccc3[nH]2)c1. The zero-order valence-electron chi connectivity index (χ0n) is 8.80. The van der Waals surface area contributed by atoms with Crippen LogP contribution >= 0.6 is 0 Å². The van der Waals surface area contributed by atoms with Crippen LogP contribution in [0.2, 0.25) is 0 Å². The molecule has 1 N–H and O–H groups in total. The first kappa shape index (κ1) is 10.0. The zero-order chi connectivity index (χ0) is 11.8. The topological polar surface area (TPSA) is 15.8 Å². The quantitative estimate of drug-likeness (QED) is 0.649. The Morgan fingerprint density at radius 2 is 1.94 bits per heavy atom. The number of benzene rings is 2. The smallest absolute Gasteiger partial charge is 0.132 e. The normalized spacial score (nSPS) is 10.9. The van der Waals surface area contributed by atoms with E-state index in [0.29, 0.717) is 5.69 Å². The van der Waals surface area contributed by atoms with Gasteiger partial charge in [0.1, 0.15) is 11.6 Å². The summed E-state index contributed by atoms with van der Waals surface area (Å²) in [6.07, 6.45) is 0. The van der Waals surface area contributed by atoms with Crippen LogP contribution in [0.4, 0.5) is 8.78 Å². The van der Waals surface area contributed by atoms with Crippen LogP contribution in [0.1, 0.15) is 0 Å². The van der Waals surface area contributed by atoms with E-state index in [9.17, 15) is 8.78 Å². The summed E-state index contributed by atoms with van der Waals surface area (Å²) < 4.78 is 26.7. The van der Waals surface area contributed by atoms with Crippen LogP contribution in [0.5, 0.6) is 0 Å². The molecule has 0 aliphatic heterocycles. The lowest BCUT2D eigenvalue weighted by Crippen LogP contribution is -1.85. The number of rotatable bonds is 1. The van der Waals surface area contributed by atoms with Crippen molar-refractivity contribution in [3.8, 4) is 11.3 Å². The van der Waals surface area contributed by atoms with Crippen molar-refractivity contribution >= 4 is 10.9 Å². The Morgan fingerprint density at radius 3 is 2.76 bits per heavy atom. The molecule has 0 aliphatic rings. The standard InChI is InChI=1S/C14H8F2N/c15-10-5-6-12(16)11(8-10)14-7-9-3-1-2-4-13(9)17-14/h2-8,17H. The van der Waals surface area contributed by atoms with E-state index in [1.807, 2.05) is 6.07 Å². The maximum atomic E-state index is 13.6. The van der Waals surface area contributed by atoms with Crippen molar-refractivity contribution in [1.29, 1.82) is 0 Å². The summed E-state index contributed by atoms with van der Waals surface area (Å²) >= 11 is 0. The molecule has 1 radical (unpaired) electrons. The van der Waals surface area contributed by atoms with E-state index in [1.165, 1.54) is 6.07 Å². The molecule has 17 heavy (non-hydrogen) atoms. The minimum atomic E-state index is -0.452. The van der Waals surface area contributed by atoms with Gasteiger partial charge in [0.05, 0.1) is 0 Å². The summed E-state index contributed by atoms with van der Waals surface area (Å²) in [5.41, 5.74) is 1.68. The Bertz CT molecular complexity index is 653. The van der Waals surface area contributed by atoms with Crippen molar-refractivity contribution in [1.82, 2.24) is 4.98 Å². The van der Waals surface area contributed by atoms with Crippen molar-refractivity contribution in [3.63, 3.8) is 0 Å². The van der Waals surface area contributed by atoms with Crippen LogP contribution < -0.4 is 0 Å². The number of H-pyrrole nitrogens is 1. The lowest BCUT2D eigenvalue weighted by molar-refractivity contribution is 0.603. The lowest BCUT2D eigenvalue weighted by atomic mass is 10.1. The first-order valence-corrected chi connectivity index (χ1v) is 5.18. The zero-order valence-corrected chi connectivity index (χ0v) is 8.80. The molecule has 3 rings (SSSR count). The summed E-state index contributed by atoms with van der Waals surface area (Å²) in [6.45, 7) is 0. The summed E-state index contributed by atoms with van der Waals surface area (Å²) in [5.74, 6) is -0.895. The number of aromatic nitrogens is 1. The summed E-state index contributed by atoms with van der Waals surface area (Å²) in [4.78, 5) is 3.05. The second kappa shape index (κ2) is 3.70. The van der Waals surface area contributed by atoms with Gasteiger partial charge in [0.15, 0.2) is 0 Å². The molecule has 83 valence electrons. The van der Waals surface area contributed by atoms with E-state index in [0.717, 1.165) is 23.0 Å². The highest BCUT2D eigenvalue weighted by atomic mass is 19.1. The molecule has 0 atom stereocenters. The predicted molar refractivity (Wildman–Crippen MR) is 62.5 cm³/mol. The molecule has 3 heteroatoms. The highest BCUT2D eigenvalue weighted by Crippen LogP contribution is 2.26. The molecule has 0 unspecified atom stereocenters. The van der Waals surface area contributed by atoms with Gasteiger partial charge in [0.2, 0.25) is 0 Å². The first-order valence-electron chi connectivity index (χ1n) is 5.18. The Hall–Kier alpha value is -2.16. The van der Waals surface area contributed by atoms with Crippen molar-refractivity contribution in [2.24, 2.45) is 0 Å². The van der Waals surface area contributed by atoms with Gasteiger partial charge in [-0.2, -0.15) is 0 Å². The van der Waals surface area contributed by atoms with Gasteiger partial charge in [-0.15, -0.1) is 0 Å². The average Bonchev–Trinajstić information content (AvgIpc) is 2.75. The van der Waals surface area contributed by atoms with Crippen molar-refractivity contribution in [2.75, 3.05) is 0 Å². The molecule has 3 aromatic rings. The first-order chi connectivity index (χ1) is 8.24. The second-order valence-electron chi connectivity index (χ2n) is 3.82. The Kier molecular flexibility index (Phi) is 2.18. The van der Waals surface area contributed by atoms with Gasteiger partial charge in [0, 0.05) is 22.2 Å². The summed E-state index contributed by atoms with van der Waals surface area (Å²) in [7, 11) is 0. The lowest BCUT2D eigenvalue weighted by Gasteiger charge is -1.99. The van der Waals surface area contributed by atoms with Crippen LogP contribution in [0.15, 0.2) is 42.5 Å². The van der Waals surface area contributed by atoms with Gasteiger partial charge in [-0.1, -0.05) is 6.07 Å². The molecule has 1 heterocycles. The van der Waals surface area contributed by atoms with E-state index in [4.69, 9.17) is 0 Å². The highest BCUT2D eigenvalue weighted by Gasteiger charge is 2.09. The van der Waals surface area contributed by atoms with E-state index in [1.54, 1.807) is 18.2 Å². The molecule has 0 fully saturated rings. The number of hydrogen-bond donors (Lipinski definition) is 1. The molecule has 1 aromatic heterocycles. The molecule has 0 saturated heterocycles. The van der Waals surface area contributed by atoms with Gasteiger partial charge >= 0.3 is 0 Å². The maximum Gasteiger partial charge on any atom is 0.132 e. The minimum absolute atomic E-state index is 0.237. The monoisotopic (exact) mass is 228 g/mol. The highest BCUT2D eigenvalue weighted by molar-refractivity contribution is 5.85. The average molecular weight is 228 g/mol. The molecule has 0 saturated carbocycles. The summed E-state index contributed by atoms with van der Waals surface area (Å²) in [6, 6.07) is 13.5. The molecule has 1 nitrogen and oxygen atoms in total. The molecule has 0 amide bonds. The number of nitrogens with one attached hydrogen (secondary N) is 1. The van der Waals surface area contributed by atoms with Gasteiger partial charge in [-0.25, -0.2) is 8.78 Å². The molecular weight excluding hydrogens is 220 g/mol. The molecule has 2 aromatic carbocycles. The number of hydrogen-bond acceptors (Lipinski definition) is 0.